The maximum Gasteiger partial charge on any atom is 0.394 e. The number of hydrogen-bond donors (Lipinski definition) is 3. The van der Waals surface area contributed by atoms with E-state index in [0.717, 1.165) is 12.2 Å². The van der Waals surface area contributed by atoms with Crippen molar-refractivity contribution < 1.29 is 27.4 Å². The first-order valence-electron chi connectivity index (χ1n) is 4.58. The number of aliphatic carboxylic acids is 1. The van der Waals surface area contributed by atoms with E-state index in [9.17, 15) is 4.79 Å². The highest BCUT2D eigenvalue weighted by Crippen LogP contribution is 2.01. The fraction of sp³-hybridized carbons (Fsp3) is 0.500. The first kappa shape index (κ1) is 15.6. The average Bonchev–Trinajstić information content (AvgIpc) is 2.48. The molecule has 17 heavy (non-hydrogen) atoms. The highest BCUT2D eigenvalue weighted by atomic mass is 32.3. The number of nitrogens with zero attached hydrogens (tertiary/aromatic N) is 2. The third kappa shape index (κ3) is 10.8. The van der Waals surface area contributed by atoms with Gasteiger partial charge >= 0.3 is 16.4 Å². The second-order valence-electron chi connectivity index (χ2n) is 3.15. The second-order valence-corrected chi connectivity index (χ2v) is 4.05. The maximum atomic E-state index is 10.2. The van der Waals surface area contributed by atoms with Gasteiger partial charge in [-0.2, -0.15) is 8.42 Å². The molecular formula is C8H14N2O6S. The molecule has 9 heteroatoms. The first-order chi connectivity index (χ1) is 7.70. The smallest absolute Gasteiger partial charge is 0.394 e. The molecule has 0 bridgehead atoms. The summed E-state index contributed by atoms with van der Waals surface area (Å²) >= 11 is 0. The fourth-order valence-corrected chi connectivity index (χ4v) is 1.04. The van der Waals surface area contributed by atoms with Crippen LogP contribution in [0.15, 0.2) is 12.4 Å². The zero-order valence-electron chi connectivity index (χ0n) is 9.15. The Morgan fingerprint density at radius 3 is 2.35 bits per heavy atom. The first-order valence-corrected chi connectivity index (χ1v) is 5.97. The minimum absolute atomic E-state index is 0.215. The number of imidazole rings is 1. The van der Waals surface area contributed by atoms with Gasteiger partial charge in [-0.1, -0.05) is 0 Å². The lowest BCUT2D eigenvalue weighted by molar-refractivity contribution is -0.137. The Bertz CT molecular complexity index is 444. The molecule has 0 fully saturated rings. The molecule has 0 saturated heterocycles. The molecule has 1 aromatic heterocycles. The number of rotatable bonds is 4. The van der Waals surface area contributed by atoms with Crippen LogP contribution in [0.2, 0.25) is 0 Å². The lowest BCUT2D eigenvalue weighted by Gasteiger charge is -1.98. The van der Waals surface area contributed by atoms with E-state index in [1.165, 1.54) is 0 Å². The predicted molar refractivity (Wildman–Crippen MR) is 58.0 cm³/mol. The molecule has 0 aliphatic rings. The van der Waals surface area contributed by atoms with Crippen molar-refractivity contribution >= 4 is 16.4 Å². The third-order valence-corrected chi connectivity index (χ3v) is 1.71. The highest BCUT2D eigenvalue weighted by Gasteiger charge is 2.01. The molecule has 1 heterocycles. The van der Waals surface area contributed by atoms with Crippen LogP contribution in [0.1, 0.15) is 18.7 Å². The molecule has 3 N–H and O–H groups in total. The maximum absolute atomic E-state index is 10.2. The topological polar surface area (TPSA) is 130 Å². The summed E-state index contributed by atoms with van der Waals surface area (Å²) < 4.78 is 33.5. The summed E-state index contributed by atoms with van der Waals surface area (Å²) in [6, 6.07) is 0. The Morgan fingerprint density at radius 2 is 2.00 bits per heavy atom. The third-order valence-electron chi connectivity index (χ3n) is 1.71. The summed E-state index contributed by atoms with van der Waals surface area (Å²) in [6.45, 7) is 0. The average molecular weight is 266 g/mol. The SMILES string of the molecule is Cn1ccnc1CCCC(=O)O.O=S(=O)(O)O. The van der Waals surface area contributed by atoms with Gasteiger partial charge in [0.1, 0.15) is 5.82 Å². The van der Waals surface area contributed by atoms with Gasteiger partial charge in [-0.3, -0.25) is 13.9 Å². The molecule has 1 aromatic rings. The number of aromatic nitrogens is 2. The van der Waals surface area contributed by atoms with Crippen molar-refractivity contribution in [1.29, 1.82) is 0 Å². The van der Waals surface area contributed by atoms with Crippen LogP contribution in [-0.2, 0) is 28.7 Å². The van der Waals surface area contributed by atoms with Gasteiger partial charge in [-0.15, -0.1) is 0 Å². The Hall–Kier alpha value is -1.45. The molecule has 8 nitrogen and oxygen atoms in total. The van der Waals surface area contributed by atoms with E-state index in [0.29, 0.717) is 6.42 Å². The van der Waals surface area contributed by atoms with Crippen LogP contribution in [0.3, 0.4) is 0 Å². The van der Waals surface area contributed by atoms with Crippen LogP contribution in [0.5, 0.6) is 0 Å². The van der Waals surface area contributed by atoms with Crippen LogP contribution in [0.25, 0.3) is 0 Å². The van der Waals surface area contributed by atoms with E-state index in [1.54, 1.807) is 6.20 Å². The molecule has 0 spiro atoms. The molecule has 0 aliphatic heterocycles. The highest BCUT2D eigenvalue weighted by molar-refractivity contribution is 7.79. The molecule has 0 radical (unpaired) electrons. The molecule has 98 valence electrons. The molecular weight excluding hydrogens is 252 g/mol. The molecule has 0 saturated carbocycles. The van der Waals surface area contributed by atoms with E-state index >= 15 is 0 Å². The normalized spacial score (nSPS) is 10.5. The van der Waals surface area contributed by atoms with Gasteiger partial charge in [0.05, 0.1) is 0 Å². The zero-order valence-corrected chi connectivity index (χ0v) is 9.96. The van der Waals surface area contributed by atoms with Gasteiger partial charge in [0.2, 0.25) is 0 Å². The summed E-state index contributed by atoms with van der Waals surface area (Å²) in [5, 5.41) is 8.38. The van der Waals surface area contributed by atoms with Gasteiger partial charge in [-0.25, -0.2) is 4.98 Å². The zero-order chi connectivity index (χ0) is 13.5. The minimum Gasteiger partial charge on any atom is -0.481 e. The van der Waals surface area contributed by atoms with Crippen LogP contribution < -0.4 is 0 Å². The summed E-state index contributed by atoms with van der Waals surface area (Å²) in [4.78, 5) is 14.3. The van der Waals surface area contributed by atoms with Crippen LogP contribution in [0.4, 0.5) is 0 Å². The number of carboxylic acids is 1. The second kappa shape index (κ2) is 6.99. The Labute approximate surface area is 98.5 Å². The summed E-state index contributed by atoms with van der Waals surface area (Å²) in [5.74, 6) is 0.195. The number of carboxylic acid groups (broad SMARTS) is 1. The van der Waals surface area contributed by atoms with E-state index < -0.39 is 16.4 Å². The van der Waals surface area contributed by atoms with Crippen molar-refractivity contribution in [2.75, 3.05) is 0 Å². The summed E-state index contributed by atoms with van der Waals surface area (Å²) in [5.41, 5.74) is 0. The predicted octanol–water partition coefficient (Wildman–Crippen LogP) is 0.175. The van der Waals surface area contributed by atoms with Crippen LogP contribution in [0, 0.1) is 0 Å². The van der Waals surface area contributed by atoms with E-state index in [1.807, 2.05) is 17.8 Å². The van der Waals surface area contributed by atoms with Gasteiger partial charge < -0.3 is 9.67 Å². The lowest BCUT2D eigenvalue weighted by Crippen LogP contribution is -2.00. The van der Waals surface area contributed by atoms with E-state index in [4.69, 9.17) is 22.6 Å². The van der Waals surface area contributed by atoms with Crippen molar-refractivity contribution in [2.45, 2.75) is 19.3 Å². The monoisotopic (exact) mass is 266 g/mol. The van der Waals surface area contributed by atoms with Crippen molar-refractivity contribution in [1.82, 2.24) is 9.55 Å². The molecule has 0 atom stereocenters. The molecule has 1 rings (SSSR count). The fourth-order valence-electron chi connectivity index (χ4n) is 1.04. The Kier molecular flexibility index (Phi) is 6.39. The Morgan fingerprint density at radius 1 is 1.47 bits per heavy atom. The van der Waals surface area contributed by atoms with Gasteiger partial charge in [0.25, 0.3) is 0 Å². The van der Waals surface area contributed by atoms with Crippen LogP contribution in [-0.4, -0.2) is 38.2 Å². The van der Waals surface area contributed by atoms with Gasteiger partial charge in [-0.05, 0) is 6.42 Å². The standard InChI is InChI=1S/C8H12N2O2.H2O4S/c1-10-6-5-9-7(10)3-2-4-8(11)12;1-5(2,3)4/h5-6H,2-4H2,1H3,(H,11,12);(H2,1,2,3,4). The van der Waals surface area contributed by atoms with E-state index in [2.05, 4.69) is 4.98 Å². The van der Waals surface area contributed by atoms with Crippen molar-refractivity contribution in [3.8, 4) is 0 Å². The number of hydrogen-bond acceptors (Lipinski definition) is 4. The molecule has 0 unspecified atom stereocenters. The van der Waals surface area contributed by atoms with Gasteiger partial charge in [0, 0.05) is 32.3 Å². The van der Waals surface area contributed by atoms with Gasteiger partial charge in [0.15, 0.2) is 0 Å². The number of carbonyl (C=O) groups is 1. The number of aryl methyl sites for hydroxylation is 2. The van der Waals surface area contributed by atoms with Crippen molar-refractivity contribution in [2.24, 2.45) is 7.05 Å². The Balaban J connectivity index is 0.000000437. The quantitative estimate of drug-likeness (QED) is 0.662. The van der Waals surface area contributed by atoms with Crippen molar-refractivity contribution in [3.63, 3.8) is 0 Å². The molecule has 0 aliphatic carbocycles. The van der Waals surface area contributed by atoms with Crippen molar-refractivity contribution in [3.05, 3.63) is 18.2 Å². The summed E-state index contributed by atoms with van der Waals surface area (Å²) in [7, 11) is -2.76. The van der Waals surface area contributed by atoms with Crippen LogP contribution >= 0.6 is 0 Å². The largest absolute Gasteiger partial charge is 0.481 e. The molecule has 0 aromatic carbocycles. The lowest BCUT2D eigenvalue weighted by atomic mass is 10.2. The molecule has 0 amide bonds. The summed E-state index contributed by atoms with van der Waals surface area (Å²) in [6.07, 6.45) is 5.18. The minimum atomic E-state index is -4.67. The van der Waals surface area contributed by atoms with E-state index in [-0.39, 0.29) is 6.42 Å².